The topological polar surface area (TPSA) is 58.6 Å². The zero-order chi connectivity index (χ0) is 21.5. The summed E-state index contributed by atoms with van der Waals surface area (Å²) >= 11 is 1.71. The van der Waals surface area contributed by atoms with Gasteiger partial charge in [0.15, 0.2) is 0 Å². The fourth-order valence-corrected chi connectivity index (χ4v) is 4.42. The standard InChI is InChI=1S/C22H24F2N2O3S/c1-2-16(15-7-3-5-9-18(15)29-22(23)24)25-20(27)11-12-21(28)26-13-14-30-19-10-6-4-8-17(19)26/h3-10,16,22H,2,11-14H2,1H3,(H,25,27). The van der Waals surface area contributed by atoms with Crippen LogP contribution in [0.4, 0.5) is 14.5 Å². The third-order valence-corrected chi connectivity index (χ3v) is 5.89. The monoisotopic (exact) mass is 434 g/mol. The molecule has 0 saturated carbocycles. The van der Waals surface area contributed by atoms with Crippen molar-refractivity contribution >= 4 is 29.3 Å². The Labute approximate surface area is 178 Å². The SMILES string of the molecule is CCC(NC(=O)CCC(=O)N1CCSc2ccccc21)c1ccccc1OC(F)F. The van der Waals surface area contributed by atoms with E-state index in [0.29, 0.717) is 18.5 Å². The summed E-state index contributed by atoms with van der Waals surface area (Å²) in [7, 11) is 0. The molecule has 0 spiro atoms. The molecule has 0 saturated heterocycles. The fourth-order valence-electron chi connectivity index (χ4n) is 3.42. The Morgan fingerprint density at radius 1 is 1.13 bits per heavy atom. The van der Waals surface area contributed by atoms with E-state index in [0.717, 1.165) is 16.3 Å². The van der Waals surface area contributed by atoms with E-state index in [2.05, 4.69) is 10.1 Å². The van der Waals surface area contributed by atoms with Gasteiger partial charge in [-0.3, -0.25) is 9.59 Å². The predicted octanol–water partition coefficient (Wildman–Crippen LogP) is 4.77. The van der Waals surface area contributed by atoms with E-state index in [1.807, 2.05) is 31.2 Å². The molecule has 30 heavy (non-hydrogen) atoms. The van der Waals surface area contributed by atoms with E-state index in [9.17, 15) is 18.4 Å². The molecule has 160 valence electrons. The first-order valence-electron chi connectivity index (χ1n) is 9.85. The number of amides is 2. The molecule has 1 unspecified atom stereocenters. The molecule has 2 aromatic carbocycles. The van der Waals surface area contributed by atoms with Crippen molar-refractivity contribution in [3.8, 4) is 5.75 Å². The second kappa shape index (κ2) is 10.4. The third kappa shape index (κ3) is 5.50. The van der Waals surface area contributed by atoms with Crippen LogP contribution in [-0.2, 0) is 9.59 Å². The highest BCUT2D eigenvalue weighted by molar-refractivity contribution is 7.99. The van der Waals surface area contributed by atoms with Crippen LogP contribution in [0.1, 0.15) is 37.8 Å². The first-order chi connectivity index (χ1) is 14.5. The molecule has 1 N–H and O–H groups in total. The number of carbonyl (C=O) groups excluding carboxylic acids is 2. The van der Waals surface area contributed by atoms with Gasteiger partial charge in [-0.1, -0.05) is 37.3 Å². The summed E-state index contributed by atoms with van der Waals surface area (Å²) in [5, 5.41) is 2.84. The van der Waals surface area contributed by atoms with Crippen LogP contribution in [0.5, 0.6) is 5.75 Å². The maximum atomic E-state index is 12.7. The normalized spacial score (nSPS) is 14.2. The summed E-state index contributed by atoms with van der Waals surface area (Å²) in [4.78, 5) is 28.0. The first-order valence-corrected chi connectivity index (χ1v) is 10.8. The van der Waals surface area contributed by atoms with Crippen molar-refractivity contribution in [3.05, 3.63) is 54.1 Å². The van der Waals surface area contributed by atoms with Gasteiger partial charge in [-0.05, 0) is 24.6 Å². The van der Waals surface area contributed by atoms with Crippen molar-refractivity contribution in [2.24, 2.45) is 0 Å². The second-order valence-corrected chi connectivity index (χ2v) is 7.94. The molecular formula is C22H24F2N2O3S. The molecular weight excluding hydrogens is 410 g/mol. The molecule has 3 rings (SSSR count). The van der Waals surface area contributed by atoms with Crippen molar-refractivity contribution in [1.29, 1.82) is 0 Å². The Morgan fingerprint density at radius 3 is 2.63 bits per heavy atom. The van der Waals surface area contributed by atoms with Gasteiger partial charge >= 0.3 is 6.61 Å². The number of benzene rings is 2. The minimum absolute atomic E-state index is 0.0268. The summed E-state index contributed by atoms with van der Waals surface area (Å²) in [6.07, 6.45) is 0.607. The summed E-state index contributed by atoms with van der Waals surface area (Å²) in [6.45, 7) is -0.488. The van der Waals surface area contributed by atoms with Gasteiger partial charge in [0.2, 0.25) is 11.8 Å². The number of ether oxygens (including phenoxy) is 1. The van der Waals surface area contributed by atoms with Crippen LogP contribution in [0, 0.1) is 0 Å². The van der Waals surface area contributed by atoms with E-state index in [1.54, 1.807) is 34.9 Å². The summed E-state index contributed by atoms with van der Waals surface area (Å²) in [6, 6.07) is 13.7. The number of hydrogen-bond acceptors (Lipinski definition) is 4. The van der Waals surface area contributed by atoms with Crippen LogP contribution in [0.15, 0.2) is 53.4 Å². The van der Waals surface area contributed by atoms with Gasteiger partial charge in [0.25, 0.3) is 0 Å². The maximum Gasteiger partial charge on any atom is 0.387 e. The van der Waals surface area contributed by atoms with Crippen molar-refractivity contribution in [3.63, 3.8) is 0 Å². The highest BCUT2D eigenvalue weighted by Gasteiger charge is 2.24. The minimum Gasteiger partial charge on any atom is -0.434 e. The van der Waals surface area contributed by atoms with Gasteiger partial charge in [-0.25, -0.2) is 0 Å². The van der Waals surface area contributed by atoms with E-state index in [4.69, 9.17) is 0 Å². The number of halogens is 2. The van der Waals surface area contributed by atoms with E-state index >= 15 is 0 Å². The van der Waals surface area contributed by atoms with Crippen LogP contribution in [-0.4, -0.2) is 30.7 Å². The molecule has 1 heterocycles. The van der Waals surface area contributed by atoms with Crippen molar-refractivity contribution in [2.75, 3.05) is 17.2 Å². The lowest BCUT2D eigenvalue weighted by molar-refractivity contribution is -0.125. The summed E-state index contributed by atoms with van der Waals surface area (Å²) in [5.74, 6) is 0.445. The molecule has 5 nitrogen and oxygen atoms in total. The lowest BCUT2D eigenvalue weighted by Crippen LogP contribution is -2.36. The highest BCUT2D eigenvalue weighted by atomic mass is 32.2. The summed E-state index contributed by atoms with van der Waals surface area (Å²) in [5.41, 5.74) is 1.37. The molecule has 0 radical (unpaired) electrons. The molecule has 1 atom stereocenters. The van der Waals surface area contributed by atoms with Crippen LogP contribution < -0.4 is 15.0 Å². The predicted molar refractivity (Wildman–Crippen MR) is 113 cm³/mol. The highest BCUT2D eigenvalue weighted by Crippen LogP contribution is 2.34. The Hall–Kier alpha value is -2.61. The molecule has 0 fully saturated rings. The lowest BCUT2D eigenvalue weighted by Gasteiger charge is -2.29. The van der Waals surface area contributed by atoms with Crippen LogP contribution in [0.2, 0.25) is 0 Å². The molecule has 1 aliphatic rings. The maximum absolute atomic E-state index is 12.7. The Kier molecular flexibility index (Phi) is 7.68. The number of para-hydroxylation sites is 2. The molecule has 2 amide bonds. The van der Waals surface area contributed by atoms with E-state index in [-0.39, 0.29) is 30.4 Å². The number of alkyl halides is 2. The smallest absolute Gasteiger partial charge is 0.387 e. The average molecular weight is 435 g/mol. The first kappa shape index (κ1) is 22.1. The molecule has 0 aromatic heterocycles. The van der Waals surface area contributed by atoms with Crippen molar-refractivity contribution < 1.29 is 23.1 Å². The van der Waals surface area contributed by atoms with Gasteiger partial charge in [-0.15, -0.1) is 11.8 Å². The lowest BCUT2D eigenvalue weighted by atomic mass is 10.0. The van der Waals surface area contributed by atoms with E-state index in [1.165, 1.54) is 6.07 Å². The van der Waals surface area contributed by atoms with Gasteiger partial charge in [-0.2, -0.15) is 8.78 Å². The molecule has 0 aliphatic carbocycles. The number of carbonyl (C=O) groups is 2. The summed E-state index contributed by atoms with van der Waals surface area (Å²) < 4.78 is 29.9. The number of nitrogens with zero attached hydrogens (tertiary/aromatic N) is 1. The van der Waals surface area contributed by atoms with Crippen LogP contribution in [0.25, 0.3) is 0 Å². The fraction of sp³-hybridized carbons (Fsp3) is 0.364. The van der Waals surface area contributed by atoms with Crippen LogP contribution in [0.3, 0.4) is 0 Å². The van der Waals surface area contributed by atoms with Gasteiger partial charge in [0, 0.05) is 35.6 Å². The largest absolute Gasteiger partial charge is 0.434 e. The quantitative estimate of drug-likeness (QED) is 0.650. The minimum atomic E-state index is -2.94. The number of nitrogens with one attached hydrogen (secondary N) is 1. The van der Waals surface area contributed by atoms with Gasteiger partial charge in [0.05, 0.1) is 11.7 Å². The number of thioether (sulfide) groups is 1. The van der Waals surface area contributed by atoms with Gasteiger partial charge < -0.3 is 15.0 Å². The van der Waals surface area contributed by atoms with Gasteiger partial charge in [0.1, 0.15) is 5.75 Å². The zero-order valence-corrected chi connectivity index (χ0v) is 17.5. The molecule has 2 aromatic rings. The van der Waals surface area contributed by atoms with Crippen LogP contribution >= 0.6 is 11.8 Å². The number of fused-ring (bicyclic) bond motifs is 1. The number of hydrogen-bond donors (Lipinski definition) is 1. The molecule has 1 aliphatic heterocycles. The second-order valence-electron chi connectivity index (χ2n) is 6.81. The molecule has 8 heteroatoms. The zero-order valence-electron chi connectivity index (χ0n) is 16.6. The van der Waals surface area contributed by atoms with Crippen molar-refractivity contribution in [2.45, 2.75) is 43.7 Å². The van der Waals surface area contributed by atoms with E-state index < -0.39 is 12.7 Å². The Morgan fingerprint density at radius 2 is 1.87 bits per heavy atom. The molecule has 0 bridgehead atoms. The third-order valence-electron chi connectivity index (χ3n) is 4.85. The Balaban J connectivity index is 1.60. The average Bonchev–Trinajstić information content (AvgIpc) is 2.75. The number of anilines is 1. The Bertz CT molecular complexity index is 894. The van der Waals surface area contributed by atoms with Crippen molar-refractivity contribution in [1.82, 2.24) is 5.32 Å². The number of rotatable bonds is 8.